The van der Waals surface area contributed by atoms with Gasteiger partial charge in [0.25, 0.3) is 0 Å². The van der Waals surface area contributed by atoms with Gasteiger partial charge >= 0.3 is 0 Å². The maximum atomic E-state index is 10.6. The molecule has 2 spiro atoms. The molecule has 8 N–H and O–H groups in total. The summed E-state index contributed by atoms with van der Waals surface area (Å²) in [7, 11) is 0. The summed E-state index contributed by atoms with van der Waals surface area (Å²) in [5, 5.41) is 73.4. The second-order valence-electron chi connectivity index (χ2n) is 10.3. The maximum absolute atomic E-state index is 10.6. The molecule has 0 aromatic rings. The van der Waals surface area contributed by atoms with E-state index in [1.165, 1.54) is 12.8 Å². The molecule has 4 rings (SSSR count). The van der Waals surface area contributed by atoms with Gasteiger partial charge in [-0.25, -0.2) is 0 Å². The summed E-state index contributed by atoms with van der Waals surface area (Å²) in [6.07, 6.45) is 0.859. The van der Waals surface area contributed by atoms with Crippen molar-refractivity contribution in [1.29, 1.82) is 0 Å². The molecule has 4 fully saturated rings. The first-order valence-electron chi connectivity index (χ1n) is 13.1. The van der Waals surface area contributed by atoms with Crippen LogP contribution in [0.1, 0.15) is 64.2 Å². The molecule has 12 nitrogen and oxygen atoms in total. The van der Waals surface area contributed by atoms with Crippen molar-refractivity contribution >= 4 is 0 Å². The van der Waals surface area contributed by atoms with E-state index in [4.69, 9.17) is 49.6 Å². The van der Waals surface area contributed by atoms with E-state index >= 15 is 0 Å². The lowest BCUT2D eigenvalue weighted by atomic mass is 9.94. The maximum Gasteiger partial charge on any atom is 0.169 e. The minimum Gasteiger partial charge on any atom is -0.394 e. The Kier molecular flexibility index (Phi) is 11.3. The molecule has 212 valence electrons. The van der Waals surface area contributed by atoms with Gasteiger partial charge in [-0.05, 0) is 25.7 Å². The van der Waals surface area contributed by atoms with Gasteiger partial charge in [-0.15, -0.1) is 0 Å². The average molecular weight is 525 g/mol. The van der Waals surface area contributed by atoms with Crippen molar-refractivity contribution in [1.82, 2.24) is 0 Å². The molecule has 0 radical (unpaired) electrons. The molecule has 2 saturated carbocycles. The Hall–Kier alpha value is -0.480. The van der Waals surface area contributed by atoms with Crippen LogP contribution in [0.15, 0.2) is 0 Å². The Morgan fingerprint density at radius 1 is 0.556 bits per heavy atom. The third-order valence-electron chi connectivity index (χ3n) is 7.61. The van der Waals surface area contributed by atoms with Gasteiger partial charge in [0.2, 0.25) is 0 Å². The number of aliphatic hydroxyl groups is 8. The first kappa shape index (κ1) is 30.1. The van der Waals surface area contributed by atoms with Crippen LogP contribution in [0.5, 0.6) is 0 Å². The van der Waals surface area contributed by atoms with Gasteiger partial charge in [0.15, 0.2) is 11.6 Å². The van der Waals surface area contributed by atoms with Gasteiger partial charge in [-0.2, -0.15) is 0 Å². The van der Waals surface area contributed by atoms with Crippen molar-refractivity contribution in [2.45, 2.75) is 125 Å². The van der Waals surface area contributed by atoms with E-state index in [-0.39, 0.29) is 0 Å². The molecule has 8 atom stereocenters. The smallest absolute Gasteiger partial charge is 0.169 e. The Balaban J connectivity index is 0.000000257. The molecule has 2 aliphatic heterocycles. The first-order chi connectivity index (χ1) is 17.2. The van der Waals surface area contributed by atoms with Crippen molar-refractivity contribution in [3.05, 3.63) is 0 Å². The lowest BCUT2D eigenvalue weighted by Crippen LogP contribution is -2.48. The van der Waals surface area contributed by atoms with Gasteiger partial charge in [0, 0.05) is 25.7 Å². The monoisotopic (exact) mass is 524 g/mol. The molecule has 12 heteroatoms. The van der Waals surface area contributed by atoms with Gasteiger partial charge in [0.1, 0.15) is 48.8 Å². The molecule has 0 amide bonds. The SMILES string of the molecule is OC[C@@H](O)[C@@H](O)[C@H](O)[C@H](O)CO.O[C@@H]([C@H](O)[C@H]1COC2(CCCCC2)O1)[C@H]1COC2(CCCCC2)O1. The van der Waals surface area contributed by atoms with E-state index in [9.17, 15) is 10.2 Å². The predicted octanol–water partition coefficient (Wildman–Crippen LogP) is -1.73. The van der Waals surface area contributed by atoms with Gasteiger partial charge in [-0.1, -0.05) is 12.8 Å². The van der Waals surface area contributed by atoms with Crippen molar-refractivity contribution in [3.63, 3.8) is 0 Å². The second kappa shape index (κ2) is 13.5. The fourth-order valence-electron chi connectivity index (χ4n) is 5.31. The highest BCUT2D eigenvalue weighted by molar-refractivity contribution is 4.93. The zero-order chi connectivity index (χ0) is 26.3. The number of ether oxygens (including phenoxy) is 4. The molecular weight excluding hydrogens is 480 g/mol. The van der Waals surface area contributed by atoms with Gasteiger partial charge in [-0.3, -0.25) is 0 Å². The van der Waals surface area contributed by atoms with Gasteiger partial charge < -0.3 is 59.8 Å². The molecular formula is C24H44O12. The molecule has 2 saturated heterocycles. The third kappa shape index (κ3) is 7.33. The Morgan fingerprint density at radius 3 is 1.19 bits per heavy atom. The minimum atomic E-state index is -1.67. The van der Waals surface area contributed by atoms with E-state index in [1.54, 1.807) is 0 Å². The largest absolute Gasteiger partial charge is 0.394 e. The standard InChI is InChI=1S/C18H30O6.C6H14O6/c19-15(13-11-21-17(23-13)7-3-1-4-8-17)16(20)14-12-22-18(24-14)9-5-2-6-10-18;7-1-3(9)5(11)6(12)4(10)2-8/h13-16,19-20H,1-12H2;3-12H,1-2H2/t13-,14-,15-,16-;3-,4-,5-,6-/m11/s1. The fraction of sp³-hybridized carbons (Fsp3) is 1.00. The highest BCUT2D eigenvalue weighted by Crippen LogP contribution is 2.41. The van der Waals surface area contributed by atoms with Crippen LogP contribution in [0.2, 0.25) is 0 Å². The Bertz CT molecular complexity index is 585. The minimum absolute atomic E-state index is 0.330. The van der Waals surface area contributed by atoms with E-state index in [0.29, 0.717) is 13.2 Å². The normalized spacial score (nSPS) is 32.3. The van der Waals surface area contributed by atoms with E-state index in [1.807, 2.05) is 0 Å². The highest BCUT2D eigenvalue weighted by atomic mass is 16.8. The molecule has 0 bridgehead atoms. The van der Waals surface area contributed by atoms with Crippen LogP contribution in [0, 0.1) is 0 Å². The number of hydrogen-bond donors (Lipinski definition) is 8. The topological polar surface area (TPSA) is 199 Å². The van der Waals surface area contributed by atoms with Crippen LogP contribution >= 0.6 is 0 Å². The fourth-order valence-corrected chi connectivity index (χ4v) is 5.31. The van der Waals surface area contributed by atoms with E-state index < -0.39 is 73.6 Å². The summed E-state index contributed by atoms with van der Waals surface area (Å²) in [5.41, 5.74) is 0. The van der Waals surface area contributed by atoms with Gasteiger partial charge in [0.05, 0.1) is 26.4 Å². The quantitative estimate of drug-likeness (QED) is 0.179. The zero-order valence-electron chi connectivity index (χ0n) is 20.7. The van der Waals surface area contributed by atoms with Crippen molar-refractivity contribution < 1.29 is 59.8 Å². The summed E-state index contributed by atoms with van der Waals surface area (Å²) in [4.78, 5) is 0. The molecule has 2 aliphatic carbocycles. The number of hydrogen-bond acceptors (Lipinski definition) is 12. The lowest BCUT2D eigenvalue weighted by Gasteiger charge is -2.34. The second-order valence-corrected chi connectivity index (χ2v) is 10.3. The molecule has 0 unspecified atom stereocenters. The molecule has 36 heavy (non-hydrogen) atoms. The van der Waals surface area contributed by atoms with Crippen LogP contribution in [-0.2, 0) is 18.9 Å². The first-order valence-corrected chi connectivity index (χ1v) is 13.1. The summed E-state index contributed by atoms with van der Waals surface area (Å²) in [6.45, 7) is -0.791. The van der Waals surface area contributed by atoms with Crippen LogP contribution in [0.25, 0.3) is 0 Å². The molecule has 0 aromatic carbocycles. The van der Waals surface area contributed by atoms with Crippen molar-refractivity contribution in [2.24, 2.45) is 0 Å². The predicted molar refractivity (Wildman–Crippen MR) is 123 cm³/mol. The van der Waals surface area contributed by atoms with Crippen molar-refractivity contribution in [3.8, 4) is 0 Å². The van der Waals surface area contributed by atoms with E-state index in [2.05, 4.69) is 0 Å². The molecule has 0 aromatic heterocycles. The van der Waals surface area contributed by atoms with Crippen LogP contribution in [0.4, 0.5) is 0 Å². The Labute approximate surface area is 211 Å². The van der Waals surface area contributed by atoms with Crippen LogP contribution < -0.4 is 0 Å². The lowest BCUT2D eigenvalue weighted by molar-refractivity contribution is -0.217. The summed E-state index contributed by atoms with van der Waals surface area (Å²) >= 11 is 0. The van der Waals surface area contributed by atoms with Crippen LogP contribution in [0.3, 0.4) is 0 Å². The molecule has 4 aliphatic rings. The summed E-state index contributed by atoms with van der Waals surface area (Å²) in [6, 6.07) is 0. The number of rotatable bonds is 8. The summed E-state index contributed by atoms with van der Waals surface area (Å²) < 4.78 is 23.8. The molecule has 2 heterocycles. The highest BCUT2D eigenvalue weighted by Gasteiger charge is 2.50. The van der Waals surface area contributed by atoms with Crippen LogP contribution in [-0.4, -0.2) is 128 Å². The third-order valence-corrected chi connectivity index (χ3v) is 7.61. The number of aliphatic hydroxyl groups excluding tert-OH is 8. The average Bonchev–Trinajstić information content (AvgIpc) is 3.51. The summed E-state index contributed by atoms with van der Waals surface area (Å²) in [5.74, 6) is -1.08. The van der Waals surface area contributed by atoms with Crippen molar-refractivity contribution in [2.75, 3.05) is 26.4 Å². The zero-order valence-corrected chi connectivity index (χ0v) is 20.7. The Morgan fingerprint density at radius 2 is 0.889 bits per heavy atom. The van der Waals surface area contributed by atoms with E-state index in [0.717, 1.165) is 51.4 Å².